The smallest absolute Gasteiger partial charge is 0.284 e. The zero-order valence-corrected chi connectivity index (χ0v) is 9.40. The number of anilines is 1. The number of nitriles is 1. The van der Waals surface area contributed by atoms with E-state index in [1.54, 1.807) is 0 Å². The molecule has 2 rings (SSSR count). The number of benzene rings is 1. The predicted octanol–water partition coefficient (Wildman–Crippen LogP) is 1.21. The van der Waals surface area contributed by atoms with Gasteiger partial charge in [0, 0.05) is 13.6 Å². The number of aromatic amines is 2. The Bertz CT molecular complexity index is 591. The van der Waals surface area contributed by atoms with Crippen molar-refractivity contribution in [3.63, 3.8) is 0 Å². The van der Waals surface area contributed by atoms with Crippen LogP contribution in [0.4, 0.5) is 5.82 Å². The summed E-state index contributed by atoms with van der Waals surface area (Å²) < 4.78 is 0. The van der Waals surface area contributed by atoms with Crippen molar-refractivity contribution in [1.29, 1.82) is 5.26 Å². The molecule has 0 spiro atoms. The van der Waals surface area contributed by atoms with Gasteiger partial charge in [0.2, 0.25) is 0 Å². The van der Waals surface area contributed by atoms with Crippen LogP contribution in [0.3, 0.4) is 0 Å². The van der Waals surface area contributed by atoms with E-state index in [1.807, 2.05) is 48.3 Å². The van der Waals surface area contributed by atoms with Crippen LogP contribution in [0.1, 0.15) is 11.1 Å². The van der Waals surface area contributed by atoms with Crippen LogP contribution in [0.25, 0.3) is 0 Å². The Morgan fingerprint density at radius 3 is 2.65 bits per heavy atom. The zero-order valence-electron chi connectivity index (χ0n) is 9.40. The standard InChI is InChI=1S/C12H12N4O/c1-16(8-9-5-3-2-4-6-9)11-10(7-13)12(17)15-14-11/h2-6H,8H2,1H3,(H2,14,15,17). The maximum absolute atomic E-state index is 11.3. The third-order valence-electron chi connectivity index (χ3n) is 2.51. The Balaban J connectivity index is 2.24. The number of hydrogen-bond donors (Lipinski definition) is 2. The highest BCUT2D eigenvalue weighted by Gasteiger charge is 2.13. The lowest BCUT2D eigenvalue weighted by atomic mass is 10.2. The van der Waals surface area contributed by atoms with Gasteiger partial charge < -0.3 is 4.90 Å². The maximum atomic E-state index is 11.3. The Labute approximate surface area is 98.3 Å². The molecule has 0 unspecified atom stereocenters. The number of nitrogens with one attached hydrogen (secondary N) is 2. The van der Waals surface area contributed by atoms with Gasteiger partial charge in [0.05, 0.1) is 0 Å². The van der Waals surface area contributed by atoms with Gasteiger partial charge >= 0.3 is 0 Å². The summed E-state index contributed by atoms with van der Waals surface area (Å²) in [7, 11) is 1.83. The lowest BCUT2D eigenvalue weighted by Crippen LogP contribution is -2.18. The first-order valence-electron chi connectivity index (χ1n) is 5.18. The quantitative estimate of drug-likeness (QED) is 0.829. The molecule has 0 aliphatic carbocycles. The molecule has 0 aliphatic heterocycles. The van der Waals surface area contributed by atoms with Crippen molar-refractivity contribution < 1.29 is 0 Å². The van der Waals surface area contributed by atoms with Gasteiger partial charge in [0.15, 0.2) is 5.56 Å². The van der Waals surface area contributed by atoms with Crippen molar-refractivity contribution in [2.45, 2.75) is 6.54 Å². The van der Waals surface area contributed by atoms with Gasteiger partial charge in [-0.2, -0.15) is 5.26 Å². The molecule has 0 fully saturated rings. The largest absolute Gasteiger partial charge is 0.355 e. The first-order chi connectivity index (χ1) is 8.22. The van der Waals surface area contributed by atoms with Crippen molar-refractivity contribution >= 4 is 5.82 Å². The fourth-order valence-electron chi connectivity index (χ4n) is 1.67. The van der Waals surface area contributed by atoms with Gasteiger partial charge in [-0.3, -0.25) is 15.0 Å². The predicted molar refractivity (Wildman–Crippen MR) is 64.7 cm³/mol. The molecule has 86 valence electrons. The molecule has 5 nitrogen and oxygen atoms in total. The van der Waals surface area contributed by atoms with E-state index in [2.05, 4.69) is 10.2 Å². The number of aromatic nitrogens is 2. The summed E-state index contributed by atoms with van der Waals surface area (Å²) in [5, 5.41) is 14.0. The molecule has 1 aromatic carbocycles. The van der Waals surface area contributed by atoms with Gasteiger partial charge in [0.1, 0.15) is 11.9 Å². The normalized spacial score (nSPS) is 9.88. The minimum absolute atomic E-state index is 0.114. The molecule has 1 aromatic heterocycles. The number of nitrogens with zero attached hydrogens (tertiary/aromatic N) is 2. The monoisotopic (exact) mass is 228 g/mol. The first-order valence-corrected chi connectivity index (χ1v) is 5.18. The molecule has 17 heavy (non-hydrogen) atoms. The van der Waals surface area contributed by atoms with E-state index in [9.17, 15) is 4.79 Å². The fourth-order valence-corrected chi connectivity index (χ4v) is 1.67. The number of hydrogen-bond acceptors (Lipinski definition) is 3. The van der Waals surface area contributed by atoms with Gasteiger partial charge in [-0.15, -0.1) is 0 Å². The molecule has 1 heterocycles. The SMILES string of the molecule is CN(Cc1ccccc1)c1[nH][nH]c(=O)c1C#N. The second-order valence-electron chi connectivity index (χ2n) is 3.76. The van der Waals surface area contributed by atoms with E-state index in [1.165, 1.54) is 0 Å². The van der Waals surface area contributed by atoms with E-state index in [0.29, 0.717) is 12.4 Å². The Morgan fingerprint density at radius 1 is 1.29 bits per heavy atom. The summed E-state index contributed by atoms with van der Waals surface area (Å²) in [6.07, 6.45) is 0. The van der Waals surface area contributed by atoms with E-state index in [4.69, 9.17) is 5.26 Å². The van der Waals surface area contributed by atoms with Crippen molar-refractivity contribution in [2.75, 3.05) is 11.9 Å². The van der Waals surface area contributed by atoms with Crippen molar-refractivity contribution in [3.8, 4) is 6.07 Å². The molecule has 0 atom stereocenters. The third kappa shape index (κ3) is 2.21. The minimum Gasteiger partial charge on any atom is -0.355 e. The van der Waals surface area contributed by atoms with Crippen LogP contribution in [0.5, 0.6) is 0 Å². The van der Waals surface area contributed by atoms with Crippen LogP contribution in [-0.4, -0.2) is 17.2 Å². The minimum atomic E-state index is -0.387. The zero-order chi connectivity index (χ0) is 12.3. The molecule has 0 aliphatic rings. The van der Waals surface area contributed by atoms with E-state index >= 15 is 0 Å². The summed E-state index contributed by atoms with van der Waals surface area (Å²) in [4.78, 5) is 13.1. The molecule has 0 amide bonds. The third-order valence-corrected chi connectivity index (χ3v) is 2.51. The van der Waals surface area contributed by atoms with E-state index < -0.39 is 0 Å². The molecule has 0 saturated heterocycles. The lowest BCUT2D eigenvalue weighted by Gasteiger charge is -2.17. The van der Waals surface area contributed by atoms with Gasteiger partial charge in [-0.25, -0.2) is 0 Å². The van der Waals surface area contributed by atoms with Crippen molar-refractivity contribution in [1.82, 2.24) is 10.2 Å². The second-order valence-corrected chi connectivity index (χ2v) is 3.76. The Kier molecular flexibility index (Phi) is 2.97. The van der Waals surface area contributed by atoms with Crippen LogP contribution >= 0.6 is 0 Å². The van der Waals surface area contributed by atoms with Gasteiger partial charge in [-0.1, -0.05) is 30.3 Å². The van der Waals surface area contributed by atoms with Crippen LogP contribution < -0.4 is 10.5 Å². The second kappa shape index (κ2) is 4.58. The number of H-pyrrole nitrogens is 2. The average molecular weight is 228 g/mol. The van der Waals surface area contributed by atoms with Gasteiger partial charge in [0.25, 0.3) is 5.56 Å². The molecule has 2 N–H and O–H groups in total. The summed E-state index contributed by atoms with van der Waals surface area (Å²) in [6.45, 7) is 0.628. The first kappa shape index (κ1) is 11.0. The molecule has 5 heteroatoms. The van der Waals surface area contributed by atoms with Crippen LogP contribution in [0.15, 0.2) is 35.1 Å². The highest BCUT2D eigenvalue weighted by Crippen LogP contribution is 2.13. The van der Waals surface area contributed by atoms with Crippen molar-refractivity contribution in [3.05, 3.63) is 51.8 Å². The van der Waals surface area contributed by atoms with Crippen molar-refractivity contribution in [2.24, 2.45) is 0 Å². The highest BCUT2D eigenvalue weighted by molar-refractivity contribution is 5.52. The molecular weight excluding hydrogens is 216 g/mol. The fraction of sp³-hybridized carbons (Fsp3) is 0.167. The molecule has 0 saturated carbocycles. The molecular formula is C12H12N4O. The summed E-state index contributed by atoms with van der Waals surface area (Å²) in [5.74, 6) is 0.515. The molecule has 0 bridgehead atoms. The Hall–Kier alpha value is -2.48. The Morgan fingerprint density at radius 2 is 2.00 bits per heavy atom. The van der Waals surface area contributed by atoms with E-state index in [0.717, 1.165) is 5.56 Å². The topological polar surface area (TPSA) is 75.7 Å². The summed E-state index contributed by atoms with van der Waals surface area (Å²) in [6, 6.07) is 11.7. The highest BCUT2D eigenvalue weighted by atomic mass is 16.1. The van der Waals surface area contributed by atoms with Crippen LogP contribution in [0, 0.1) is 11.3 Å². The number of rotatable bonds is 3. The van der Waals surface area contributed by atoms with Gasteiger partial charge in [-0.05, 0) is 5.56 Å². The van der Waals surface area contributed by atoms with E-state index in [-0.39, 0.29) is 11.1 Å². The maximum Gasteiger partial charge on any atom is 0.284 e. The molecule has 0 radical (unpaired) electrons. The van der Waals surface area contributed by atoms with Crippen LogP contribution in [-0.2, 0) is 6.54 Å². The average Bonchev–Trinajstić information content (AvgIpc) is 2.71. The van der Waals surface area contributed by atoms with Crippen LogP contribution in [0.2, 0.25) is 0 Å². The summed E-state index contributed by atoms with van der Waals surface area (Å²) >= 11 is 0. The summed E-state index contributed by atoms with van der Waals surface area (Å²) in [5.41, 5.74) is 0.840. The molecule has 2 aromatic rings. The lowest BCUT2D eigenvalue weighted by molar-refractivity contribution is 0.884.